The summed E-state index contributed by atoms with van der Waals surface area (Å²) in [6, 6.07) is 7.65. The van der Waals surface area contributed by atoms with E-state index in [9.17, 15) is 23.6 Å². The predicted octanol–water partition coefficient (Wildman–Crippen LogP) is 2.01. The molecule has 1 aliphatic heterocycles. The molecule has 1 aromatic heterocycles. The molecule has 4 rings (SSSR count). The van der Waals surface area contributed by atoms with Crippen molar-refractivity contribution in [2.24, 2.45) is 7.05 Å². The van der Waals surface area contributed by atoms with E-state index in [2.05, 4.69) is 10.6 Å². The summed E-state index contributed by atoms with van der Waals surface area (Å²) in [5, 5.41) is 15.1. The molecule has 172 valence electrons. The minimum Gasteiger partial charge on any atom is -0.408 e. The summed E-state index contributed by atoms with van der Waals surface area (Å²) in [7, 11) is 1.49. The molecule has 3 aromatic rings. The molecule has 1 amide bonds. The number of nitriles is 1. The van der Waals surface area contributed by atoms with Crippen LogP contribution in [0.2, 0.25) is 0 Å². The fourth-order valence-corrected chi connectivity index (χ4v) is 3.75. The van der Waals surface area contributed by atoms with Crippen LogP contribution in [0.25, 0.3) is 22.2 Å². The number of fused-ring (bicyclic) bond motifs is 1. The van der Waals surface area contributed by atoms with Gasteiger partial charge in [-0.1, -0.05) is 12.1 Å². The number of nitrogens with one attached hydrogen (secondary N) is 2. The normalized spacial score (nSPS) is 17.3. The number of rotatable bonds is 5. The SMILES string of the molecule is Cn1c(=O)oc2cc(F)c(-c3ccc(CC(C#N)NC(=O)[C@@H]4CNCCCO4)c(F)c3)cc21. The van der Waals surface area contributed by atoms with Crippen molar-refractivity contribution in [3.8, 4) is 17.2 Å². The molecular weight excluding hydrogens is 434 g/mol. The van der Waals surface area contributed by atoms with Crippen LogP contribution in [0.5, 0.6) is 0 Å². The Morgan fingerprint density at radius 2 is 2.15 bits per heavy atom. The lowest BCUT2D eigenvalue weighted by Gasteiger charge is -2.18. The van der Waals surface area contributed by atoms with E-state index in [0.29, 0.717) is 18.7 Å². The topological polar surface area (TPSA) is 109 Å². The first-order valence-corrected chi connectivity index (χ1v) is 10.5. The lowest BCUT2D eigenvalue weighted by molar-refractivity contribution is -0.132. The summed E-state index contributed by atoms with van der Waals surface area (Å²) in [5.74, 6) is -2.37. The van der Waals surface area contributed by atoms with Gasteiger partial charge >= 0.3 is 5.76 Å². The third-order valence-corrected chi connectivity index (χ3v) is 5.58. The Hall–Kier alpha value is -3.55. The number of aryl methyl sites for hydroxylation is 1. The maximum Gasteiger partial charge on any atom is 0.419 e. The van der Waals surface area contributed by atoms with Gasteiger partial charge in [-0.05, 0) is 36.2 Å². The average Bonchev–Trinajstić information content (AvgIpc) is 2.98. The molecule has 0 radical (unpaired) electrons. The number of oxazole rings is 1. The zero-order chi connectivity index (χ0) is 23.5. The Morgan fingerprint density at radius 1 is 1.33 bits per heavy atom. The minimum atomic E-state index is -0.960. The number of benzene rings is 2. The molecule has 8 nitrogen and oxygen atoms in total. The second kappa shape index (κ2) is 9.52. The van der Waals surface area contributed by atoms with Gasteiger partial charge in [0.05, 0.1) is 11.6 Å². The molecule has 1 aliphatic rings. The Labute approximate surface area is 187 Å². The molecule has 2 N–H and O–H groups in total. The third-order valence-electron chi connectivity index (χ3n) is 5.58. The highest BCUT2D eigenvalue weighted by atomic mass is 19.1. The lowest BCUT2D eigenvalue weighted by Crippen LogP contribution is -2.46. The van der Waals surface area contributed by atoms with Crippen molar-refractivity contribution in [1.29, 1.82) is 5.26 Å². The molecular formula is C23H22F2N4O4. The molecule has 0 spiro atoms. The Morgan fingerprint density at radius 3 is 2.91 bits per heavy atom. The Kier molecular flexibility index (Phi) is 6.53. The van der Waals surface area contributed by atoms with E-state index < -0.39 is 35.4 Å². The smallest absolute Gasteiger partial charge is 0.408 e. The van der Waals surface area contributed by atoms with Crippen LogP contribution >= 0.6 is 0 Å². The molecule has 0 bridgehead atoms. The fourth-order valence-electron chi connectivity index (χ4n) is 3.75. The Balaban J connectivity index is 1.52. The summed E-state index contributed by atoms with van der Waals surface area (Å²) < 4.78 is 41.1. The van der Waals surface area contributed by atoms with Crippen LogP contribution in [-0.2, 0) is 23.0 Å². The largest absolute Gasteiger partial charge is 0.419 e. The molecule has 2 heterocycles. The fraction of sp³-hybridized carbons (Fsp3) is 0.348. The molecule has 10 heteroatoms. The van der Waals surface area contributed by atoms with Gasteiger partial charge in [0.2, 0.25) is 0 Å². The molecule has 2 atom stereocenters. The van der Waals surface area contributed by atoms with Gasteiger partial charge in [0.1, 0.15) is 23.8 Å². The number of carbonyl (C=O) groups is 1. The maximum atomic E-state index is 14.9. The van der Waals surface area contributed by atoms with Crippen molar-refractivity contribution in [3.63, 3.8) is 0 Å². The van der Waals surface area contributed by atoms with Crippen LogP contribution in [0.3, 0.4) is 0 Å². The van der Waals surface area contributed by atoms with Crippen LogP contribution in [0.1, 0.15) is 12.0 Å². The number of aromatic nitrogens is 1. The number of ether oxygens (including phenoxy) is 1. The zero-order valence-corrected chi connectivity index (χ0v) is 17.9. The molecule has 1 fully saturated rings. The zero-order valence-electron chi connectivity index (χ0n) is 17.9. The van der Waals surface area contributed by atoms with E-state index in [1.54, 1.807) is 0 Å². The highest BCUT2D eigenvalue weighted by molar-refractivity contribution is 5.82. The van der Waals surface area contributed by atoms with Crippen LogP contribution in [0.4, 0.5) is 8.78 Å². The van der Waals surface area contributed by atoms with E-state index in [1.165, 1.54) is 29.8 Å². The summed E-state index contributed by atoms with van der Waals surface area (Å²) in [4.78, 5) is 24.1. The minimum absolute atomic E-state index is 0.0632. The van der Waals surface area contributed by atoms with Crippen molar-refractivity contribution in [3.05, 3.63) is 58.1 Å². The van der Waals surface area contributed by atoms with Crippen LogP contribution < -0.4 is 16.4 Å². The summed E-state index contributed by atoms with van der Waals surface area (Å²) in [6.45, 7) is 1.52. The van der Waals surface area contributed by atoms with Crippen LogP contribution in [0, 0.1) is 23.0 Å². The van der Waals surface area contributed by atoms with Crippen molar-refractivity contribution in [1.82, 2.24) is 15.2 Å². The lowest BCUT2D eigenvalue weighted by atomic mass is 9.99. The first kappa shape index (κ1) is 22.6. The third kappa shape index (κ3) is 4.79. The first-order valence-electron chi connectivity index (χ1n) is 10.5. The summed E-state index contributed by atoms with van der Waals surface area (Å²) in [6.07, 6.45) is 0.00651. The Bertz CT molecular complexity index is 1290. The molecule has 1 saturated heterocycles. The van der Waals surface area contributed by atoms with Gasteiger partial charge in [0.25, 0.3) is 5.91 Å². The first-order chi connectivity index (χ1) is 15.9. The number of hydrogen-bond acceptors (Lipinski definition) is 6. The number of carbonyl (C=O) groups excluding carboxylic acids is 1. The predicted molar refractivity (Wildman–Crippen MR) is 115 cm³/mol. The van der Waals surface area contributed by atoms with Crippen molar-refractivity contribution in [2.75, 3.05) is 19.7 Å². The van der Waals surface area contributed by atoms with Gasteiger partial charge in [0.15, 0.2) is 5.58 Å². The second-order valence-corrected chi connectivity index (χ2v) is 7.84. The van der Waals surface area contributed by atoms with E-state index >= 15 is 0 Å². The maximum absolute atomic E-state index is 14.9. The van der Waals surface area contributed by atoms with E-state index in [1.807, 2.05) is 6.07 Å². The number of nitrogens with zero attached hydrogens (tertiary/aromatic N) is 2. The monoisotopic (exact) mass is 456 g/mol. The number of amides is 1. The van der Waals surface area contributed by atoms with Gasteiger partial charge < -0.3 is 19.8 Å². The van der Waals surface area contributed by atoms with E-state index in [0.717, 1.165) is 25.1 Å². The second-order valence-electron chi connectivity index (χ2n) is 7.84. The van der Waals surface area contributed by atoms with E-state index in [-0.39, 0.29) is 28.7 Å². The van der Waals surface area contributed by atoms with Crippen molar-refractivity contribution in [2.45, 2.75) is 25.0 Å². The standard InChI is InChI=1S/C23H22F2N4O4/c1-29-19-9-16(18(25)10-20(19)33-23(29)31)13-3-4-14(17(24)8-13)7-15(11-26)28-22(30)21-12-27-5-2-6-32-21/h3-4,8-10,15,21,27H,2,5-7,12H2,1H3,(H,28,30)/t15?,21-/m0/s1. The number of halogens is 2. The van der Waals surface area contributed by atoms with Crippen molar-refractivity contribution < 1.29 is 22.7 Å². The van der Waals surface area contributed by atoms with Gasteiger partial charge in [-0.15, -0.1) is 0 Å². The van der Waals surface area contributed by atoms with Crippen molar-refractivity contribution >= 4 is 17.0 Å². The molecule has 1 unspecified atom stereocenters. The van der Waals surface area contributed by atoms with E-state index in [4.69, 9.17) is 9.15 Å². The average molecular weight is 456 g/mol. The van der Waals surface area contributed by atoms with Crippen LogP contribution in [-0.4, -0.2) is 42.3 Å². The van der Waals surface area contributed by atoms with Gasteiger partial charge in [-0.3, -0.25) is 9.36 Å². The molecule has 2 aromatic carbocycles. The molecule has 0 saturated carbocycles. The van der Waals surface area contributed by atoms with Gasteiger partial charge in [0, 0.05) is 38.2 Å². The van der Waals surface area contributed by atoms with Gasteiger partial charge in [-0.2, -0.15) is 5.26 Å². The molecule has 0 aliphatic carbocycles. The highest BCUT2D eigenvalue weighted by Gasteiger charge is 2.24. The summed E-state index contributed by atoms with van der Waals surface area (Å²) in [5.41, 5.74) is 1.04. The van der Waals surface area contributed by atoms with Crippen LogP contribution in [0.15, 0.2) is 39.5 Å². The summed E-state index contributed by atoms with van der Waals surface area (Å²) >= 11 is 0. The molecule has 33 heavy (non-hydrogen) atoms. The quantitative estimate of drug-likeness (QED) is 0.608. The number of hydrogen-bond donors (Lipinski definition) is 2. The van der Waals surface area contributed by atoms with Gasteiger partial charge in [-0.25, -0.2) is 13.6 Å². The highest BCUT2D eigenvalue weighted by Crippen LogP contribution is 2.29.